The third-order valence-electron chi connectivity index (χ3n) is 3.83. The van der Waals surface area contributed by atoms with Crippen LogP contribution in [0.2, 0.25) is 0 Å². The second kappa shape index (κ2) is 5.96. The van der Waals surface area contributed by atoms with E-state index in [2.05, 4.69) is 58.9 Å². The van der Waals surface area contributed by atoms with Crippen LogP contribution in [0, 0.1) is 27.7 Å². The van der Waals surface area contributed by atoms with Crippen LogP contribution in [0.25, 0.3) is 0 Å². The standard InChI is InChI=1S/C16H21N5S/c1-12-8-20(17-14(12)3)10-19(16-6-5-7-22-16)11-21-9-13(2)15(4)18-21/h5-9H,10-11H2,1-4H3. The van der Waals surface area contributed by atoms with Crippen molar-refractivity contribution in [3.63, 3.8) is 0 Å². The molecule has 0 radical (unpaired) electrons. The Morgan fingerprint density at radius 2 is 1.50 bits per heavy atom. The molecule has 0 aliphatic heterocycles. The summed E-state index contributed by atoms with van der Waals surface area (Å²) < 4.78 is 3.99. The minimum Gasteiger partial charge on any atom is -0.324 e. The lowest BCUT2D eigenvalue weighted by molar-refractivity contribution is 0.498. The molecule has 0 fully saturated rings. The molecule has 0 atom stereocenters. The first-order valence-electron chi connectivity index (χ1n) is 7.32. The van der Waals surface area contributed by atoms with E-state index in [1.165, 1.54) is 16.1 Å². The maximum atomic E-state index is 4.57. The number of nitrogens with zero attached hydrogens (tertiary/aromatic N) is 5. The first kappa shape index (κ1) is 14.8. The van der Waals surface area contributed by atoms with Crippen LogP contribution in [0.3, 0.4) is 0 Å². The molecule has 6 heteroatoms. The zero-order valence-electron chi connectivity index (χ0n) is 13.4. The summed E-state index contributed by atoms with van der Waals surface area (Å²) in [6.45, 7) is 9.70. The smallest absolute Gasteiger partial charge is 0.114 e. The largest absolute Gasteiger partial charge is 0.324 e. The van der Waals surface area contributed by atoms with Crippen molar-refractivity contribution >= 4 is 16.3 Å². The van der Waals surface area contributed by atoms with Crippen molar-refractivity contribution < 1.29 is 0 Å². The topological polar surface area (TPSA) is 38.9 Å². The maximum Gasteiger partial charge on any atom is 0.114 e. The van der Waals surface area contributed by atoms with E-state index in [0.29, 0.717) is 13.3 Å². The molecule has 3 aromatic heterocycles. The number of anilines is 1. The summed E-state index contributed by atoms with van der Waals surface area (Å²) in [4.78, 5) is 2.28. The molecule has 22 heavy (non-hydrogen) atoms. The summed E-state index contributed by atoms with van der Waals surface area (Å²) in [5.41, 5.74) is 4.60. The molecule has 0 amide bonds. The van der Waals surface area contributed by atoms with Gasteiger partial charge in [-0.2, -0.15) is 10.2 Å². The highest BCUT2D eigenvalue weighted by molar-refractivity contribution is 7.14. The number of aromatic nitrogens is 4. The molecule has 0 aliphatic rings. The molecule has 3 rings (SSSR count). The zero-order valence-corrected chi connectivity index (χ0v) is 14.3. The Morgan fingerprint density at radius 1 is 0.955 bits per heavy atom. The molecule has 0 aliphatic carbocycles. The molecule has 0 saturated heterocycles. The highest BCUT2D eigenvalue weighted by atomic mass is 32.1. The SMILES string of the molecule is Cc1cn(CN(Cn2cc(C)c(C)n2)c2cccs2)nc1C. The summed E-state index contributed by atoms with van der Waals surface area (Å²) in [6, 6.07) is 4.21. The van der Waals surface area contributed by atoms with Gasteiger partial charge in [0, 0.05) is 12.4 Å². The van der Waals surface area contributed by atoms with Gasteiger partial charge in [0.1, 0.15) is 13.3 Å². The predicted octanol–water partition coefficient (Wildman–Crippen LogP) is 3.50. The molecule has 3 aromatic rings. The molecule has 0 saturated carbocycles. The molecule has 5 nitrogen and oxygen atoms in total. The van der Waals surface area contributed by atoms with Crippen LogP contribution in [0.15, 0.2) is 29.9 Å². The number of aryl methyl sites for hydroxylation is 4. The lowest BCUT2D eigenvalue weighted by atomic mass is 10.3. The highest BCUT2D eigenvalue weighted by Gasteiger charge is 2.12. The molecule has 116 valence electrons. The Balaban J connectivity index is 1.84. The second-order valence-electron chi connectivity index (χ2n) is 5.65. The van der Waals surface area contributed by atoms with Crippen LogP contribution < -0.4 is 4.90 Å². The fraction of sp³-hybridized carbons (Fsp3) is 0.375. The van der Waals surface area contributed by atoms with E-state index in [4.69, 9.17) is 0 Å². The highest BCUT2D eigenvalue weighted by Crippen LogP contribution is 2.23. The monoisotopic (exact) mass is 315 g/mol. The van der Waals surface area contributed by atoms with Crippen molar-refractivity contribution in [2.24, 2.45) is 0 Å². The van der Waals surface area contributed by atoms with Crippen LogP contribution >= 0.6 is 11.3 Å². The van der Waals surface area contributed by atoms with E-state index < -0.39 is 0 Å². The zero-order chi connectivity index (χ0) is 15.7. The molecule has 0 bridgehead atoms. The maximum absolute atomic E-state index is 4.57. The van der Waals surface area contributed by atoms with Gasteiger partial charge in [0.15, 0.2) is 0 Å². The van der Waals surface area contributed by atoms with Gasteiger partial charge in [-0.05, 0) is 56.3 Å². The number of thiophene rings is 1. The van der Waals surface area contributed by atoms with Gasteiger partial charge in [0.05, 0.1) is 16.4 Å². The molecular formula is C16H21N5S. The first-order valence-corrected chi connectivity index (χ1v) is 8.20. The minimum absolute atomic E-state index is 0.715. The molecule has 3 heterocycles. The Bertz CT molecular complexity index is 666. The van der Waals surface area contributed by atoms with Crippen molar-refractivity contribution in [1.29, 1.82) is 0 Å². The first-order chi connectivity index (χ1) is 10.5. The summed E-state index contributed by atoms with van der Waals surface area (Å²) in [5.74, 6) is 0. The van der Waals surface area contributed by atoms with Crippen LogP contribution in [-0.4, -0.2) is 19.6 Å². The van der Waals surface area contributed by atoms with E-state index >= 15 is 0 Å². The van der Waals surface area contributed by atoms with Crippen LogP contribution in [0.1, 0.15) is 22.5 Å². The Kier molecular flexibility index (Phi) is 4.02. The van der Waals surface area contributed by atoms with E-state index in [-0.39, 0.29) is 0 Å². The van der Waals surface area contributed by atoms with E-state index in [1.807, 2.05) is 23.2 Å². The van der Waals surface area contributed by atoms with Crippen molar-refractivity contribution in [2.45, 2.75) is 41.0 Å². The molecule has 0 N–H and O–H groups in total. The van der Waals surface area contributed by atoms with E-state index in [0.717, 1.165) is 11.4 Å². The van der Waals surface area contributed by atoms with Crippen molar-refractivity contribution in [3.05, 3.63) is 52.4 Å². The third kappa shape index (κ3) is 3.06. The second-order valence-corrected chi connectivity index (χ2v) is 6.57. The number of hydrogen-bond donors (Lipinski definition) is 0. The summed E-state index contributed by atoms with van der Waals surface area (Å²) in [7, 11) is 0. The normalized spacial score (nSPS) is 11.1. The van der Waals surface area contributed by atoms with Crippen LogP contribution in [-0.2, 0) is 13.3 Å². The fourth-order valence-electron chi connectivity index (χ4n) is 2.36. The summed E-state index contributed by atoms with van der Waals surface area (Å²) in [6.07, 6.45) is 4.19. The van der Waals surface area contributed by atoms with E-state index in [1.54, 1.807) is 11.3 Å². The van der Waals surface area contributed by atoms with Gasteiger partial charge in [0.2, 0.25) is 0 Å². The predicted molar refractivity (Wildman–Crippen MR) is 90.2 cm³/mol. The fourth-order valence-corrected chi connectivity index (χ4v) is 3.08. The van der Waals surface area contributed by atoms with Crippen molar-refractivity contribution in [1.82, 2.24) is 19.6 Å². The average Bonchev–Trinajstić information content (AvgIpc) is 3.14. The van der Waals surface area contributed by atoms with Crippen LogP contribution in [0.4, 0.5) is 5.00 Å². The molecule has 0 aromatic carbocycles. The Labute approximate surface area is 134 Å². The van der Waals surface area contributed by atoms with Gasteiger partial charge in [-0.25, -0.2) is 0 Å². The van der Waals surface area contributed by atoms with Crippen LogP contribution in [0.5, 0.6) is 0 Å². The lowest BCUT2D eigenvalue weighted by Crippen LogP contribution is -2.28. The Morgan fingerprint density at radius 3 is 1.86 bits per heavy atom. The molecule has 0 unspecified atom stereocenters. The lowest BCUT2D eigenvalue weighted by Gasteiger charge is -2.23. The molecule has 0 spiro atoms. The van der Waals surface area contributed by atoms with Gasteiger partial charge >= 0.3 is 0 Å². The van der Waals surface area contributed by atoms with Gasteiger partial charge in [-0.15, -0.1) is 11.3 Å². The molecular weight excluding hydrogens is 294 g/mol. The Hall–Kier alpha value is -2.08. The average molecular weight is 315 g/mol. The number of rotatable bonds is 5. The third-order valence-corrected chi connectivity index (χ3v) is 4.76. The van der Waals surface area contributed by atoms with Gasteiger partial charge < -0.3 is 4.90 Å². The van der Waals surface area contributed by atoms with Crippen molar-refractivity contribution in [2.75, 3.05) is 4.90 Å². The van der Waals surface area contributed by atoms with Crippen molar-refractivity contribution in [3.8, 4) is 0 Å². The van der Waals surface area contributed by atoms with Gasteiger partial charge in [-0.3, -0.25) is 9.36 Å². The van der Waals surface area contributed by atoms with E-state index in [9.17, 15) is 0 Å². The summed E-state index contributed by atoms with van der Waals surface area (Å²) in [5, 5.41) is 12.5. The van der Waals surface area contributed by atoms with Gasteiger partial charge in [-0.1, -0.05) is 0 Å². The summed E-state index contributed by atoms with van der Waals surface area (Å²) >= 11 is 1.74. The quantitative estimate of drug-likeness (QED) is 0.723. The van der Waals surface area contributed by atoms with Gasteiger partial charge in [0.25, 0.3) is 0 Å². The number of hydrogen-bond acceptors (Lipinski definition) is 4. The minimum atomic E-state index is 0.715.